The van der Waals surface area contributed by atoms with E-state index in [1.165, 1.54) is 0 Å². The van der Waals surface area contributed by atoms with Gasteiger partial charge in [-0.05, 0) is 24.5 Å². The number of aromatic hydroxyl groups is 1. The first-order valence-corrected chi connectivity index (χ1v) is 4.85. The third-order valence-electron chi connectivity index (χ3n) is 3.11. The fraction of sp³-hybridized carbons (Fsp3) is 0.455. The van der Waals surface area contributed by atoms with E-state index in [1.807, 2.05) is 6.07 Å². The minimum absolute atomic E-state index is 0.103. The topological polar surface area (TPSA) is 66.5 Å². The summed E-state index contributed by atoms with van der Waals surface area (Å²) < 4.78 is 0. The zero-order chi connectivity index (χ0) is 10.2. The van der Waals surface area contributed by atoms with Crippen LogP contribution < -0.4 is 5.73 Å². The third-order valence-corrected chi connectivity index (χ3v) is 3.11. The van der Waals surface area contributed by atoms with Crippen molar-refractivity contribution < 1.29 is 10.2 Å². The van der Waals surface area contributed by atoms with Crippen LogP contribution in [0.1, 0.15) is 24.0 Å². The van der Waals surface area contributed by atoms with E-state index in [0.29, 0.717) is 12.1 Å². The van der Waals surface area contributed by atoms with Gasteiger partial charge in [0.1, 0.15) is 5.75 Å². The summed E-state index contributed by atoms with van der Waals surface area (Å²) in [5, 5.41) is 18.5. The van der Waals surface area contributed by atoms with Gasteiger partial charge < -0.3 is 15.9 Å². The molecule has 0 heterocycles. The molecular weight excluding hydrogens is 178 g/mol. The molecule has 3 nitrogen and oxygen atoms in total. The largest absolute Gasteiger partial charge is 0.508 e. The monoisotopic (exact) mass is 193 g/mol. The second-order valence-corrected chi connectivity index (χ2v) is 3.99. The predicted molar refractivity (Wildman–Crippen MR) is 54.0 cm³/mol. The second kappa shape index (κ2) is 3.26. The van der Waals surface area contributed by atoms with E-state index < -0.39 is 0 Å². The van der Waals surface area contributed by atoms with Crippen LogP contribution in [0, 0.1) is 0 Å². The standard InChI is InChI=1S/C11H15NO2/c12-7-11(3-4-11)9-2-1-8(6-13)10(14)5-9/h1-2,5,13-14H,3-4,6-7,12H2. The molecule has 14 heavy (non-hydrogen) atoms. The lowest BCUT2D eigenvalue weighted by atomic mass is 9.95. The Hall–Kier alpha value is -1.06. The number of nitrogens with two attached hydrogens (primary N) is 1. The number of rotatable bonds is 3. The van der Waals surface area contributed by atoms with Gasteiger partial charge >= 0.3 is 0 Å². The molecule has 1 aromatic rings. The molecule has 1 fully saturated rings. The molecule has 0 radical (unpaired) electrons. The lowest BCUT2D eigenvalue weighted by Crippen LogP contribution is -2.19. The summed E-state index contributed by atoms with van der Waals surface area (Å²) in [6.07, 6.45) is 2.20. The van der Waals surface area contributed by atoms with Gasteiger partial charge in [0.2, 0.25) is 0 Å². The first-order valence-electron chi connectivity index (χ1n) is 4.85. The van der Waals surface area contributed by atoms with Crippen molar-refractivity contribution in [1.82, 2.24) is 0 Å². The Labute approximate surface area is 83.2 Å². The average Bonchev–Trinajstić information content (AvgIpc) is 2.98. The molecule has 0 bridgehead atoms. The summed E-state index contributed by atoms with van der Waals surface area (Å²) in [5.74, 6) is 0.171. The van der Waals surface area contributed by atoms with Crippen molar-refractivity contribution in [2.45, 2.75) is 24.9 Å². The lowest BCUT2D eigenvalue weighted by Gasteiger charge is -2.13. The van der Waals surface area contributed by atoms with Gasteiger partial charge in [-0.15, -0.1) is 0 Å². The number of hydrogen-bond donors (Lipinski definition) is 3. The van der Waals surface area contributed by atoms with Crippen molar-refractivity contribution >= 4 is 0 Å². The molecule has 1 aliphatic carbocycles. The summed E-state index contributed by atoms with van der Waals surface area (Å²) in [6, 6.07) is 5.44. The van der Waals surface area contributed by atoms with Crippen molar-refractivity contribution in [3.05, 3.63) is 29.3 Å². The summed E-state index contributed by atoms with van der Waals surface area (Å²) in [5.41, 5.74) is 7.46. The maximum atomic E-state index is 9.58. The van der Waals surface area contributed by atoms with E-state index in [2.05, 4.69) is 0 Å². The van der Waals surface area contributed by atoms with Crippen LogP contribution in [0.15, 0.2) is 18.2 Å². The highest BCUT2D eigenvalue weighted by Gasteiger charge is 2.42. The SMILES string of the molecule is NCC1(c2ccc(CO)c(O)c2)CC1. The molecule has 0 saturated heterocycles. The molecule has 0 aromatic heterocycles. The molecule has 3 heteroatoms. The van der Waals surface area contributed by atoms with Crippen LogP contribution in [0.25, 0.3) is 0 Å². The predicted octanol–water partition coefficient (Wildman–Crippen LogP) is 0.875. The Bertz CT molecular complexity index is 345. The molecule has 0 spiro atoms. The smallest absolute Gasteiger partial charge is 0.121 e. The van der Waals surface area contributed by atoms with Gasteiger partial charge in [0.05, 0.1) is 6.61 Å². The maximum Gasteiger partial charge on any atom is 0.121 e. The number of aliphatic hydroxyl groups excluding tert-OH is 1. The summed E-state index contributed by atoms with van der Waals surface area (Å²) in [6.45, 7) is 0.507. The highest BCUT2D eigenvalue weighted by atomic mass is 16.3. The molecule has 0 atom stereocenters. The van der Waals surface area contributed by atoms with Gasteiger partial charge in [0, 0.05) is 17.5 Å². The van der Waals surface area contributed by atoms with Gasteiger partial charge in [-0.3, -0.25) is 0 Å². The highest BCUT2D eigenvalue weighted by molar-refractivity contribution is 5.42. The van der Waals surface area contributed by atoms with Crippen molar-refractivity contribution in [2.24, 2.45) is 5.73 Å². The van der Waals surface area contributed by atoms with Gasteiger partial charge in [-0.25, -0.2) is 0 Å². The Morgan fingerprint density at radius 2 is 2.07 bits per heavy atom. The molecule has 4 N–H and O–H groups in total. The normalized spacial score (nSPS) is 18.1. The molecule has 1 aromatic carbocycles. The van der Waals surface area contributed by atoms with E-state index in [0.717, 1.165) is 18.4 Å². The Morgan fingerprint density at radius 1 is 1.36 bits per heavy atom. The van der Waals surface area contributed by atoms with E-state index >= 15 is 0 Å². The molecule has 0 amide bonds. The van der Waals surface area contributed by atoms with Crippen LogP contribution in [0.4, 0.5) is 0 Å². The van der Waals surface area contributed by atoms with Crippen molar-refractivity contribution in [2.75, 3.05) is 6.54 Å². The maximum absolute atomic E-state index is 9.58. The molecule has 0 unspecified atom stereocenters. The van der Waals surface area contributed by atoms with Gasteiger partial charge in [-0.2, -0.15) is 0 Å². The van der Waals surface area contributed by atoms with Crippen LogP contribution in [0.5, 0.6) is 5.75 Å². The van der Waals surface area contributed by atoms with E-state index in [-0.39, 0.29) is 17.8 Å². The van der Waals surface area contributed by atoms with Gasteiger partial charge in [0.25, 0.3) is 0 Å². The van der Waals surface area contributed by atoms with Crippen molar-refractivity contribution in [3.8, 4) is 5.75 Å². The number of aliphatic hydroxyl groups is 1. The summed E-state index contributed by atoms with van der Waals surface area (Å²) in [4.78, 5) is 0. The summed E-state index contributed by atoms with van der Waals surface area (Å²) >= 11 is 0. The first kappa shape index (κ1) is 9.49. The Morgan fingerprint density at radius 3 is 2.50 bits per heavy atom. The molecule has 1 saturated carbocycles. The van der Waals surface area contributed by atoms with E-state index in [1.54, 1.807) is 12.1 Å². The first-order chi connectivity index (χ1) is 6.72. The van der Waals surface area contributed by atoms with Crippen molar-refractivity contribution in [3.63, 3.8) is 0 Å². The Kier molecular flexibility index (Phi) is 2.21. The lowest BCUT2D eigenvalue weighted by molar-refractivity contribution is 0.275. The minimum atomic E-state index is -0.123. The van der Waals surface area contributed by atoms with Crippen LogP contribution >= 0.6 is 0 Å². The van der Waals surface area contributed by atoms with Crippen molar-refractivity contribution in [1.29, 1.82) is 0 Å². The van der Waals surface area contributed by atoms with Gasteiger partial charge in [0.15, 0.2) is 0 Å². The molecule has 2 rings (SSSR count). The van der Waals surface area contributed by atoms with Gasteiger partial charge in [-0.1, -0.05) is 12.1 Å². The zero-order valence-electron chi connectivity index (χ0n) is 8.03. The highest BCUT2D eigenvalue weighted by Crippen LogP contribution is 2.48. The average molecular weight is 193 g/mol. The molecule has 0 aliphatic heterocycles. The number of benzene rings is 1. The van der Waals surface area contributed by atoms with Crippen LogP contribution in [0.3, 0.4) is 0 Å². The Balaban J connectivity index is 2.33. The number of phenols is 1. The molecule has 76 valence electrons. The van der Waals surface area contributed by atoms with Crippen LogP contribution in [-0.4, -0.2) is 16.8 Å². The molecular formula is C11H15NO2. The van der Waals surface area contributed by atoms with E-state index in [4.69, 9.17) is 10.8 Å². The third kappa shape index (κ3) is 1.38. The minimum Gasteiger partial charge on any atom is -0.508 e. The van der Waals surface area contributed by atoms with Crippen LogP contribution in [0.2, 0.25) is 0 Å². The second-order valence-electron chi connectivity index (χ2n) is 3.99. The summed E-state index contributed by atoms with van der Waals surface area (Å²) in [7, 11) is 0. The fourth-order valence-electron chi connectivity index (χ4n) is 1.79. The van der Waals surface area contributed by atoms with E-state index in [9.17, 15) is 5.11 Å². The molecule has 1 aliphatic rings. The fourth-order valence-corrected chi connectivity index (χ4v) is 1.79. The quantitative estimate of drug-likeness (QED) is 0.667. The number of hydrogen-bond acceptors (Lipinski definition) is 3. The zero-order valence-corrected chi connectivity index (χ0v) is 8.03. The van der Waals surface area contributed by atoms with Crippen LogP contribution in [-0.2, 0) is 12.0 Å².